The van der Waals surface area contributed by atoms with Gasteiger partial charge < -0.3 is 9.30 Å². The Balaban J connectivity index is 1.60. The van der Waals surface area contributed by atoms with Crippen LogP contribution in [0.3, 0.4) is 0 Å². The van der Waals surface area contributed by atoms with Crippen LogP contribution in [0.5, 0.6) is 0 Å². The summed E-state index contributed by atoms with van der Waals surface area (Å²) in [5.41, 5.74) is 4.73. The predicted octanol–water partition coefficient (Wildman–Crippen LogP) is 4.56. The van der Waals surface area contributed by atoms with E-state index in [0.717, 1.165) is 45.0 Å². The fourth-order valence-electron chi connectivity index (χ4n) is 3.52. The van der Waals surface area contributed by atoms with Gasteiger partial charge in [-0.15, -0.1) is 0 Å². The minimum Gasteiger partial charge on any atom is -0.379 e. The second-order valence-corrected chi connectivity index (χ2v) is 7.60. The van der Waals surface area contributed by atoms with E-state index in [2.05, 4.69) is 63.5 Å². The van der Waals surface area contributed by atoms with Gasteiger partial charge in [0.05, 0.1) is 30.9 Å². The standard InChI is InChI=1S/C21H25N3OS/c1-17(7-9-23-10-12-25-13-11-23)24-16-22-20(18-5-3-2-4-6-18)21(24)19-8-14-26-15-19/h2-6,8,14-17H,7,9-13H2,1H3/t17-/m0/s1. The molecule has 3 aromatic rings. The van der Waals surface area contributed by atoms with Gasteiger partial charge in [0.25, 0.3) is 0 Å². The van der Waals surface area contributed by atoms with E-state index in [1.807, 2.05) is 6.33 Å². The summed E-state index contributed by atoms with van der Waals surface area (Å²) in [5, 5.41) is 4.36. The van der Waals surface area contributed by atoms with Gasteiger partial charge in [0.15, 0.2) is 0 Å². The molecule has 0 radical (unpaired) electrons. The molecule has 4 nitrogen and oxygen atoms in total. The van der Waals surface area contributed by atoms with E-state index < -0.39 is 0 Å². The molecule has 0 aliphatic carbocycles. The number of hydrogen-bond acceptors (Lipinski definition) is 4. The van der Waals surface area contributed by atoms with Crippen LogP contribution in [0.25, 0.3) is 22.5 Å². The topological polar surface area (TPSA) is 30.3 Å². The third-order valence-electron chi connectivity index (χ3n) is 5.08. The highest BCUT2D eigenvalue weighted by molar-refractivity contribution is 7.08. The highest BCUT2D eigenvalue weighted by Gasteiger charge is 2.19. The number of nitrogens with zero attached hydrogens (tertiary/aromatic N) is 3. The Kier molecular flexibility index (Phi) is 5.48. The lowest BCUT2D eigenvalue weighted by Crippen LogP contribution is -2.37. The van der Waals surface area contributed by atoms with Crippen molar-refractivity contribution in [3.8, 4) is 22.5 Å². The van der Waals surface area contributed by atoms with Gasteiger partial charge in [0, 0.05) is 42.2 Å². The summed E-state index contributed by atoms with van der Waals surface area (Å²) in [7, 11) is 0. The molecule has 0 saturated carbocycles. The summed E-state index contributed by atoms with van der Waals surface area (Å²) in [6, 6.07) is 13.1. The lowest BCUT2D eigenvalue weighted by atomic mass is 10.1. The summed E-state index contributed by atoms with van der Waals surface area (Å²) in [6.45, 7) is 7.21. The molecule has 0 bridgehead atoms. The average Bonchev–Trinajstić information content (AvgIpc) is 3.37. The first kappa shape index (κ1) is 17.5. The van der Waals surface area contributed by atoms with Crippen LogP contribution in [0.1, 0.15) is 19.4 Å². The van der Waals surface area contributed by atoms with Crippen molar-refractivity contribution in [3.05, 3.63) is 53.5 Å². The monoisotopic (exact) mass is 367 g/mol. The summed E-state index contributed by atoms with van der Waals surface area (Å²) in [4.78, 5) is 7.29. The van der Waals surface area contributed by atoms with E-state index in [0.29, 0.717) is 6.04 Å². The van der Waals surface area contributed by atoms with Gasteiger partial charge in [-0.3, -0.25) is 4.90 Å². The maximum atomic E-state index is 5.46. The second kappa shape index (κ2) is 8.16. The zero-order chi connectivity index (χ0) is 17.8. The van der Waals surface area contributed by atoms with Crippen molar-refractivity contribution in [1.82, 2.24) is 14.5 Å². The molecule has 1 aromatic carbocycles. The molecule has 1 saturated heterocycles. The summed E-state index contributed by atoms with van der Waals surface area (Å²) in [6.07, 6.45) is 3.13. The average molecular weight is 368 g/mol. The van der Waals surface area contributed by atoms with Gasteiger partial charge >= 0.3 is 0 Å². The quantitative estimate of drug-likeness (QED) is 0.640. The molecule has 0 spiro atoms. The first-order chi connectivity index (χ1) is 12.8. The van der Waals surface area contributed by atoms with Crippen molar-refractivity contribution in [2.24, 2.45) is 0 Å². The van der Waals surface area contributed by atoms with Crippen LogP contribution >= 0.6 is 11.3 Å². The molecule has 136 valence electrons. The van der Waals surface area contributed by atoms with E-state index in [1.54, 1.807) is 11.3 Å². The number of rotatable bonds is 6. The van der Waals surface area contributed by atoms with Crippen LogP contribution in [-0.4, -0.2) is 47.3 Å². The molecule has 0 N–H and O–H groups in total. The normalized spacial score (nSPS) is 16.7. The number of ether oxygens (including phenoxy) is 1. The van der Waals surface area contributed by atoms with Gasteiger partial charge in [-0.2, -0.15) is 11.3 Å². The van der Waals surface area contributed by atoms with Crippen LogP contribution in [0.15, 0.2) is 53.5 Å². The molecule has 1 aliphatic rings. The van der Waals surface area contributed by atoms with E-state index in [4.69, 9.17) is 9.72 Å². The molecule has 4 rings (SSSR count). The molecule has 0 unspecified atom stereocenters. The van der Waals surface area contributed by atoms with Crippen molar-refractivity contribution >= 4 is 11.3 Å². The number of thiophene rings is 1. The predicted molar refractivity (Wildman–Crippen MR) is 108 cm³/mol. The molecular formula is C21H25N3OS. The first-order valence-corrected chi connectivity index (χ1v) is 10.2. The van der Waals surface area contributed by atoms with Crippen molar-refractivity contribution in [3.63, 3.8) is 0 Å². The van der Waals surface area contributed by atoms with Crippen LogP contribution in [-0.2, 0) is 4.74 Å². The van der Waals surface area contributed by atoms with E-state index in [9.17, 15) is 0 Å². The SMILES string of the molecule is C[C@@H](CCN1CCOCC1)n1cnc(-c2ccccc2)c1-c1ccsc1. The molecule has 0 amide bonds. The first-order valence-electron chi connectivity index (χ1n) is 9.28. The van der Waals surface area contributed by atoms with Crippen molar-refractivity contribution in [2.45, 2.75) is 19.4 Å². The van der Waals surface area contributed by atoms with Crippen LogP contribution in [0.2, 0.25) is 0 Å². The zero-order valence-corrected chi connectivity index (χ0v) is 16.0. The van der Waals surface area contributed by atoms with Crippen LogP contribution in [0, 0.1) is 0 Å². The largest absolute Gasteiger partial charge is 0.379 e. The Morgan fingerprint density at radius 3 is 2.65 bits per heavy atom. The number of hydrogen-bond donors (Lipinski definition) is 0. The maximum Gasteiger partial charge on any atom is 0.0963 e. The number of imidazole rings is 1. The molecule has 1 fully saturated rings. The highest BCUT2D eigenvalue weighted by atomic mass is 32.1. The van der Waals surface area contributed by atoms with Gasteiger partial charge in [-0.25, -0.2) is 4.98 Å². The van der Waals surface area contributed by atoms with Crippen molar-refractivity contribution < 1.29 is 4.74 Å². The molecule has 1 atom stereocenters. The van der Waals surface area contributed by atoms with Gasteiger partial charge in [0.1, 0.15) is 0 Å². The number of morpholine rings is 1. The Morgan fingerprint density at radius 2 is 1.92 bits per heavy atom. The second-order valence-electron chi connectivity index (χ2n) is 6.82. The third kappa shape index (κ3) is 3.75. The summed E-state index contributed by atoms with van der Waals surface area (Å²) >= 11 is 1.73. The Bertz CT molecular complexity index is 807. The Labute approximate surface area is 159 Å². The molecular weight excluding hydrogens is 342 g/mol. The maximum absolute atomic E-state index is 5.46. The molecule has 3 heterocycles. The molecule has 26 heavy (non-hydrogen) atoms. The van der Waals surface area contributed by atoms with E-state index in [1.165, 1.54) is 16.8 Å². The van der Waals surface area contributed by atoms with Gasteiger partial charge in [-0.1, -0.05) is 30.3 Å². The molecule has 5 heteroatoms. The van der Waals surface area contributed by atoms with Gasteiger partial charge in [0.2, 0.25) is 0 Å². The number of benzene rings is 1. The van der Waals surface area contributed by atoms with Crippen LogP contribution < -0.4 is 0 Å². The lowest BCUT2D eigenvalue weighted by Gasteiger charge is -2.28. The lowest BCUT2D eigenvalue weighted by molar-refractivity contribution is 0.0359. The third-order valence-corrected chi connectivity index (χ3v) is 5.76. The minimum absolute atomic E-state index is 0.401. The number of aromatic nitrogens is 2. The molecule has 1 aliphatic heterocycles. The molecule has 2 aromatic heterocycles. The highest BCUT2D eigenvalue weighted by Crippen LogP contribution is 2.34. The fraction of sp³-hybridized carbons (Fsp3) is 0.381. The minimum atomic E-state index is 0.401. The Hall–Kier alpha value is -1.95. The van der Waals surface area contributed by atoms with Crippen molar-refractivity contribution in [2.75, 3.05) is 32.8 Å². The van der Waals surface area contributed by atoms with Crippen LogP contribution in [0.4, 0.5) is 0 Å². The summed E-state index contributed by atoms with van der Waals surface area (Å²) in [5.74, 6) is 0. The Morgan fingerprint density at radius 1 is 1.12 bits per heavy atom. The zero-order valence-electron chi connectivity index (χ0n) is 15.2. The van der Waals surface area contributed by atoms with Gasteiger partial charge in [-0.05, 0) is 24.8 Å². The van der Waals surface area contributed by atoms with Crippen molar-refractivity contribution in [1.29, 1.82) is 0 Å². The smallest absolute Gasteiger partial charge is 0.0963 e. The fourth-order valence-corrected chi connectivity index (χ4v) is 4.16. The van der Waals surface area contributed by atoms with E-state index in [-0.39, 0.29) is 0 Å². The summed E-state index contributed by atoms with van der Waals surface area (Å²) < 4.78 is 7.81. The van der Waals surface area contributed by atoms with E-state index >= 15 is 0 Å².